The fourth-order valence-electron chi connectivity index (χ4n) is 2.75. The fraction of sp³-hybridized carbons (Fsp3) is 0.0526. The Morgan fingerprint density at radius 2 is 1.52 bits per heavy atom. The number of H-pyrrole nitrogens is 2. The van der Waals surface area contributed by atoms with Crippen LogP contribution in [0.4, 0.5) is 0 Å². The predicted octanol–water partition coefficient (Wildman–Crippen LogP) is 3.42. The highest BCUT2D eigenvalue weighted by Crippen LogP contribution is 2.31. The van der Waals surface area contributed by atoms with Crippen LogP contribution < -0.4 is 10.3 Å². The van der Waals surface area contributed by atoms with E-state index in [2.05, 4.69) is 19.9 Å². The van der Waals surface area contributed by atoms with Crippen LogP contribution >= 0.6 is 12.2 Å². The molecule has 0 spiro atoms. The molecule has 134 valence electrons. The van der Waals surface area contributed by atoms with Crippen LogP contribution in [0.3, 0.4) is 0 Å². The van der Waals surface area contributed by atoms with Crippen molar-refractivity contribution in [3.8, 4) is 34.0 Å². The van der Waals surface area contributed by atoms with Gasteiger partial charge in [-0.1, -0.05) is 0 Å². The van der Waals surface area contributed by atoms with Crippen molar-refractivity contribution in [3.63, 3.8) is 0 Å². The summed E-state index contributed by atoms with van der Waals surface area (Å²) in [6.45, 7) is 0. The second kappa shape index (κ2) is 6.65. The highest BCUT2D eigenvalue weighted by molar-refractivity contribution is 7.71. The minimum atomic E-state index is -0.414. The van der Waals surface area contributed by atoms with E-state index in [1.165, 1.54) is 0 Å². The van der Waals surface area contributed by atoms with Gasteiger partial charge in [0, 0.05) is 11.1 Å². The second-order valence-electron chi connectivity index (χ2n) is 5.80. The van der Waals surface area contributed by atoms with Crippen LogP contribution in [0.25, 0.3) is 33.7 Å². The highest BCUT2D eigenvalue weighted by Gasteiger charge is 2.15. The normalized spacial score (nSPS) is 10.9. The van der Waals surface area contributed by atoms with Crippen LogP contribution in [0.2, 0.25) is 0 Å². The quantitative estimate of drug-likeness (QED) is 0.472. The maximum absolute atomic E-state index is 12.3. The molecule has 0 aliphatic carbocycles. The molecular formula is C19H14N4O3S. The van der Waals surface area contributed by atoms with E-state index in [4.69, 9.17) is 17.0 Å². The summed E-state index contributed by atoms with van der Waals surface area (Å²) in [7, 11) is 1.60. The molecule has 0 saturated heterocycles. The summed E-state index contributed by atoms with van der Waals surface area (Å²) >= 11 is 5.04. The number of aromatic amines is 2. The Hall–Kier alpha value is -3.52. The molecule has 2 heterocycles. The Kier molecular flexibility index (Phi) is 4.17. The van der Waals surface area contributed by atoms with Crippen LogP contribution in [0.1, 0.15) is 0 Å². The van der Waals surface area contributed by atoms with Gasteiger partial charge in [0.15, 0.2) is 15.9 Å². The summed E-state index contributed by atoms with van der Waals surface area (Å²) in [4.78, 5) is 26.8. The summed E-state index contributed by atoms with van der Waals surface area (Å²) in [6, 6.07) is 13.9. The minimum absolute atomic E-state index is 0.139. The molecule has 4 aromatic rings. The Bertz CT molecular complexity index is 1250. The number of hydrogen-bond acceptors (Lipinski definition) is 6. The maximum Gasteiger partial charge on any atom is 0.279 e. The average Bonchev–Trinajstić information content (AvgIpc) is 2.68. The number of ether oxygens (including phenoxy) is 1. The first-order valence-corrected chi connectivity index (χ1v) is 8.44. The molecular weight excluding hydrogens is 364 g/mol. The SMILES string of the molecule is COc1ccc(-c2nc3[nH]c(=S)[nH]c(=O)c3nc2-c2ccc(O)cc2)cc1. The summed E-state index contributed by atoms with van der Waals surface area (Å²) in [5, 5.41) is 9.57. The standard InChI is InChI=1S/C19H14N4O3S/c1-26-13-8-4-11(5-9-13)15-14(10-2-6-12(24)7-3-10)20-16-17(21-15)22-19(27)23-18(16)25/h2-9,24H,1H3,(H2,21,22,23,25,27). The van der Waals surface area contributed by atoms with Crippen molar-refractivity contribution < 1.29 is 9.84 Å². The lowest BCUT2D eigenvalue weighted by atomic mass is 10.0. The topological polar surface area (TPSA) is 104 Å². The van der Waals surface area contributed by atoms with Crippen molar-refractivity contribution in [2.45, 2.75) is 0 Å². The Balaban J connectivity index is 2.04. The molecule has 8 heteroatoms. The first-order chi connectivity index (χ1) is 13.0. The van der Waals surface area contributed by atoms with Gasteiger partial charge in [0.25, 0.3) is 5.56 Å². The number of hydrogen-bond donors (Lipinski definition) is 3. The zero-order chi connectivity index (χ0) is 19.0. The molecule has 2 aromatic heterocycles. The molecule has 0 aliphatic rings. The molecule has 0 saturated carbocycles. The lowest BCUT2D eigenvalue weighted by molar-refractivity contribution is 0.415. The number of phenolic OH excluding ortho intramolecular Hbond substituents is 1. The van der Waals surface area contributed by atoms with Crippen molar-refractivity contribution in [1.29, 1.82) is 0 Å². The predicted molar refractivity (Wildman–Crippen MR) is 104 cm³/mol. The van der Waals surface area contributed by atoms with Gasteiger partial charge in [-0.15, -0.1) is 0 Å². The van der Waals surface area contributed by atoms with E-state index in [0.29, 0.717) is 17.0 Å². The molecule has 0 fully saturated rings. The van der Waals surface area contributed by atoms with Gasteiger partial charge in [-0.05, 0) is 60.7 Å². The molecule has 0 bridgehead atoms. The van der Waals surface area contributed by atoms with Gasteiger partial charge in [-0.2, -0.15) is 0 Å². The fourth-order valence-corrected chi connectivity index (χ4v) is 2.94. The van der Waals surface area contributed by atoms with Crippen LogP contribution in [-0.2, 0) is 0 Å². The second-order valence-corrected chi connectivity index (χ2v) is 6.21. The van der Waals surface area contributed by atoms with Crippen LogP contribution in [0, 0.1) is 4.77 Å². The van der Waals surface area contributed by atoms with Crippen LogP contribution in [0.15, 0.2) is 53.3 Å². The number of nitrogens with zero attached hydrogens (tertiary/aromatic N) is 2. The molecule has 3 N–H and O–H groups in total. The zero-order valence-corrected chi connectivity index (χ0v) is 15.0. The average molecular weight is 378 g/mol. The van der Waals surface area contributed by atoms with E-state index in [9.17, 15) is 9.90 Å². The number of benzene rings is 2. The third kappa shape index (κ3) is 3.18. The largest absolute Gasteiger partial charge is 0.508 e. The minimum Gasteiger partial charge on any atom is -0.508 e. The molecule has 0 aliphatic heterocycles. The van der Waals surface area contributed by atoms with E-state index in [1.807, 2.05) is 24.3 Å². The monoisotopic (exact) mass is 378 g/mol. The molecule has 7 nitrogen and oxygen atoms in total. The third-order valence-corrected chi connectivity index (χ3v) is 4.28. The first-order valence-electron chi connectivity index (χ1n) is 8.03. The van der Waals surface area contributed by atoms with Gasteiger partial charge in [0.1, 0.15) is 11.5 Å². The Morgan fingerprint density at radius 3 is 2.15 bits per heavy atom. The van der Waals surface area contributed by atoms with Crippen molar-refractivity contribution in [2.24, 2.45) is 0 Å². The molecule has 0 radical (unpaired) electrons. The Labute approximate surface area is 158 Å². The van der Waals surface area contributed by atoms with E-state index >= 15 is 0 Å². The van der Waals surface area contributed by atoms with Crippen LogP contribution in [0.5, 0.6) is 11.5 Å². The molecule has 4 rings (SSSR count). The zero-order valence-electron chi connectivity index (χ0n) is 14.2. The lowest BCUT2D eigenvalue weighted by Gasteiger charge is -2.11. The van der Waals surface area contributed by atoms with Crippen LogP contribution in [-0.4, -0.2) is 32.2 Å². The number of rotatable bonds is 3. The van der Waals surface area contributed by atoms with E-state index < -0.39 is 5.56 Å². The molecule has 0 atom stereocenters. The van der Waals surface area contributed by atoms with Gasteiger partial charge < -0.3 is 14.8 Å². The van der Waals surface area contributed by atoms with Crippen molar-refractivity contribution in [3.05, 3.63) is 63.7 Å². The summed E-state index contributed by atoms with van der Waals surface area (Å²) in [5.74, 6) is 0.856. The number of phenols is 1. The summed E-state index contributed by atoms with van der Waals surface area (Å²) in [6.07, 6.45) is 0. The Morgan fingerprint density at radius 1 is 0.926 bits per heavy atom. The first kappa shape index (κ1) is 16.9. The highest BCUT2D eigenvalue weighted by atomic mass is 32.1. The van der Waals surface area contributed by atoms with E-state index in [-0.39, 0.29) is 16.0 Å². The lowest BCUT2D eigenvalue weighted by Crippen LogP contribution is -2.12. The smallest absolute Gasteiger partial charge is 0.279 e. The molecule has 2 aromatic carbocycles. The van der Waals surface area contributed by atoms with Gasteiger partial charge in [-0.3, -0.25) is 9.78 Å². The molecule has 27 heavy (non-hydrogen) atoms. The van der Waals surface area contributed by atoms with Gasteiger partial charge in [0.05, 0.1) is 18.5 Å². The number of aromatic nitrogens is 4. The van der Waals surface area contributed by atoms with E-state index in [1.54, 1.807) is 31.4 Å². The maximum atomic E-state index is 12.3. The number of nitrogens with one attached hydrogen (secondary N) is 2. The van der Waals surface area contributed by atoms with Gasteiger partial charge >= 0.3 is 0 Å². The summed E-state index contributed by atoms with van der Waals surface area (Å²) < 4.78 is 5.39. The van der Waals surface area contributed by atoms with E-state index in [0.717, 1.165) is 16.9 Å². The van der Waals surface area contributed by atoms with Gasteiger partial charge in [0.2, 0.25) is 0 Å². The van der Waals surface area contributed by atoms with Crippen molar-refractivity contribution >= 4 is 23.4 Å². The number of fused-ring (bicyclic) bond motifs is 1. The number of aromatic hydroxyl groups is 1. The third-order valence-electron chi connectivity index (χ3n) is 4.07. The van der Waals surface area contributed by atoms with Gasteiger partial charge in [-0.25, -0.2) is 9.97 Å². The van der Waals surface area contributed by atoms with Crippen molar-refractivity contribution in [2.75, 3.05) is 7.11 Å². The van der Waals surface area contributed by atoms with Crippen molar-refractivity contribution in [1.82, 2.24) is 19.9 Å². The number of methoxy groups -OCH3 is 1. The molecule has 0 amide bonds. The summed E-state index contributed by atoms with van der Waals surface area (Å²) in [5.41, 5.74) is 2.65. The molecule has 0 unspecified atom stereocenters.